The van der Waals surface area contributed by atoms with Gasteiger partial charge in [-0.1, -0.05) is 17.7 Å². The van der Waals surface area contributed by atoms with Gasteiger partial charge in [-0.05, 0) is 52.0 Å². The van der Waals surface area contributed by atoms with Crippen molar-refractivity contribution in [1.29, 1.82) is 0 Å². The van der Waals surface area contributed by atoms with Gasteiger partial charge in [-0.15, -0.1) is 0 Å². The van der Waals surface area contributed by atoms with Crippen LogP contribution < -0.4 is 5.56 Å². The Labute approximate surface area is 167 Å². The molecule has 0 radical (unpaired) electrons. The van der Waals surface area contributed by atoms with E-state index in [4.69, 9.17) is 11.6 Å². The molecule has 1 aromatic carbocycles. The van der Waals surface area contributed by atoms with Gasteiger partial charge in [0.25, 0.3) is 5.56 Å². The molecule has 7 nitrogen and oxygen atoms in total. The summed E-state index contributed by atoms with van der Waals surface area (Å²) in [6, 6.07) is 7.74. The number of pyridine rings is 1. The zero-order chi connectivity index (χ0) is 20.6. The van der Waals surface area contributed by atoms with Gasteiger partial charge in [-0.3, -0.25) is 19.2 Å². The molecular weight excluding hydrogens is 380 g/mol. The number of hydrogen-bond acceptors (Lipinski definition) is 4. The summed E-state index contributed by atoms with van der Waals surface area (Å²) in [7, 11) is 0. The molecule has 2 heterocycles. The van der Waals surface area contributed by atoms with E-state index in [1.807, 2.05) is 0 Å². The van der Waals surface area contributed by atoms with Crippen molar-refractivity contribution in [1.82, 2.24) is 19.4 Å². The van der Waals surface area contributed by atoms with Gasteiger partial charge in [0.15, 0.2) is 0 Å². The second-order valence-corrected chi connectivity index (χ2v) is 7.86. The van der Waals surface area contributed by atoms with Gasteiger partial charge in [0.2, 0.25) is 0 Å². The number of nitrogens with zero attached hydrogens (tertiary/aromatic N) is 4. The van der Waals surface area contributed by atoms with E-state index < -0.39 is 17.7 Å². The highest BCUT2D eigenvalue weighted by Crippen LogP contribution is 2.29. The number of benzene rings is 1. The molecule has 0 saturated carbocycles. The minimum atomic E-state index is -1.10. The molecule has 0 bridgehead atoms. The Morgan fingerprint density at radius 3 is 2.54 bits per heavy atom. The summed E-state index contributed by atoms with van der Waals surface area (Å²) in [5, 5.41) is 10.4. The molecule has 146 valence electrons. The first-order valence-corrected chi connectivity index (χ1v) is 9.14. The lowest BCUT2D eigenvalue weighted by molar-refractivity contribution is 0.0719. The molecule has 28 heavy (non-hydrogen) atoms. The van der Waals surface area contributed by atoms with Crippen molar-refractivity contribution in [3.63, 3.8) is 0 Å². The van der Waals surface area contributed by atoms with Crippen LogP contribution in [-0.2, 0) is 0 Å². The predicted molar refractivity (Wildman–Crippen MR) is 108 cm³/mol. The summed E-state index contributed by atoms with van der Waals surface area (Å²) in [6.45, 7) is 7.09. The van der Waals surface area contributed by atoms with Crippen LogP contribution in [0.3, 0.4) is 0 Å². The zero-order valence-corrected chi connectivity index (χ0v) is 16.8. The molecular formula is C20H21ClN4O3. The number of halogens is 1. The summed E-state index contributed by atoms with van der Waals surface area (Å²) in [5.41, 5.74) is -0.169. The van der Waals surface area contributed by atoms with Crippen molar-refractivity contribution in [3.8, 4) is 5.69 Å². The molecule has 0 saturated heterocycles. The van der Waals surface area contributed by atoms with Crippen molar-refractivity contribution >= 4 is 28.6 Å². The van der Waals surface area contributed by atoms with Crippen molar-refractivity contribution in [2.75, 3.05) is 0 Å². The summed E-state index contributed by atoms with van der Waals surface area (Å²) in [4.78, 5) is 35.3. The molecule has 1 amide bonds. The maximum atomic E-state index is 13.4. The van der Waals surface area contributed by atoms with Gasteiger partial charge in [0.1, 0.15) is 5.82 Å². The van der Waals surface area contributed by atoms with Gasteiger partial charge in [0.05, 0.1) is 33.9 Å². The minimum Gasteiger partial charge on any atom is -0.465 e. The fourth-order valence-electron chi connectivity index (χ4n) is 3.37. The quantitative estimate of drug-likeness (QED) is 0.709. The lowest BCUT2D eigenvalue weighted by Crippen LogP contribution is -2.47. The van der Waals surface area contributed by atoms with E-state index in [0.29, 0.717) is 17.0 Å². The normalized spacial score (nSPS) is 12.8. The lowest BCUT2D eigenvalue weighted by Gasteiger charge is -2.38. The molecule has 1 atom stereocenters. The van der Waals surface area contributed by atoms with Crippen LogP contribution in [0, 0.1) is 0 Å². The number of carboxylic acid groups (broad SMARTS) is 1. The first-order valence-electron chi connectivity index (χ1n) is 8.76. The van der Waals surface area contributed by atoms with Gasteiger partial charge >= 0.3 is 6.09 Å². The summed E-state index contributed by atoms with van der Waals surface area (Å²) in [6.07, 6.45) is 2.03. The third-order valence-electron chi connectivity index (χ3n) is 4.47. The number of amides is 1. The van der Waals surface area contributed by atoms with Crippen LogP contribution in [0.5, 0.6) is 0 Å². The molecule has 2 aromatic heterocycles. The molecule has 0 fully saturated rings. The fraction of sp³-hybridized carbons (Fsp3) is 0.300. The van der Waals surface area contributed by atoms with Gasteiger partial charge < -0.3 is 5.11 Å². The van der Waals surface area contributed by atoms with Gasteiger partial charge in [0, 0.05) is 11.7 Å². The Morgan fingerprint density at radius 1 is 1.25 bits per heavy atom. The number of rotatable bonds is 3. The van der Waals surface area contributed by atoms with E-state index in [9.17, 15) is 14.7 Å². The van der Waals surface area contributed by atoms with Crippen molar-refractivity contribution in [2.45, 2.75) is 39.3 Å². The van der Waals surface area contributed by atoms with E-state index >= 15 is 0 Å². The van der Waals surface area contributed by atoms with Crippen LogP contribution in [0.1, 0.15) is 39.6 Å². The Morgan fingerprint density at radius 2 is 1.96 bits per heavy atom. The number of carbonyl (C=O) groups is 1. The molecule has 0 aliphatic rings. The molecule has 0 aliphatic carbocycles. The average Bonchev–Trinajstić information content (AvgIpc) is 2.60. The van der Waals surface area contributed by atoms with Crippen molar-refractivity contribution in [3.05, 3.63) is 63.9 Å². The molecule has 0 unspecified atom stereocenters. The number of aromatic nitrogens is 3. The topological polar surface area (TPSA) is 88.3 Å². The van der Waals surface area contributed by atoms with Crippen LogP contribution >= 0.6 is 11.6 Å². The van der Waals surface area contributed by atoms with Crippen molar-refractivity contribution < 1.29 is 9.90 Å². The molecule has 0 aliphatic heterocycles. The Bertz CT molecular complexity index is 1090. The summed E-state index contributed by atoms with van der Waals surface area (Å²) < 4.78 is 1.38. The van der Waals surface area contributed by atoms with E-state index in [-0.39, 0.29) is 16.0 Å². The number of fused-ring (bicyclic) bond motifs is 1. The van der Waals surface area contributed by atoms with E-state index in [1.54, 1.807) is 64.2 Å². The first-order chi connectivity index (χ1) is 13.1. The predicted octanol–water partition coefficient (Wildman–Crippen LogP) is 4.27. The monoisotopic (exact) mass is 400 g/mol. The smallest absolute Gasteiger partial charge is 0.408 e. The molecule has 8 heteroatoms. The second-order valence-electron chi connectivity index (χ2n) is 7.46. The fourth-order valence-corrected chi connectivity index (χ4v) is 3.62. The minimum absolute atomic E-state index is 0.279. The standard InChI is InChI=1S/C20H21ClN4O3/c1-12(25(19(27)28)20(2,3)4)17-23-15-9-5-8-14(21)16(15)18(26)24(17)13-7-6-10-22-11-13/h5-12H,1-4H3,(H,27,28)/t12-/m0/s1. The molecule has 0 spiro atoms. The molecule has 3 aromatic rings. The van der Waals surface area contributed by atoms with Crippen LogP contribution in [0.2, 0.25) is 5.02 Å². The zero-order valence-electron chi connectivity index (χ0n) is 16.0. The summed E-state index contributed by atoms with van der Waals surface area (Å²) in [5.74, 6) is 0.296. The van der Waals surface area contributed by atoms with E-state index in [2.05, 4.69) is 9.97 Å². The van der Waals surface area contributed by atoms with Gasteiger partial charge in [-0.25, -0.2) is 9.78 Å². The molecule has 1 N–H and O–H groups in total. The first kappa shape index (κ1) is 19.8. The third-order valence-corrected chi connectivity index (χ3v) is 4.78. The maximum absolute atomic E-state index is 13.4. The maximum Gasteiger partial charge on any atom is 0.408 e. The van der Waals surface area contributed by atoms with Gasteiger partial charge in [-0.2, -0.15) is 0 Å². The van der Waals surface area contributed by atoms with Crippen LogP contribution in [0.4, 0.5) is 4.79 Å². The van der Waals surface area contributed by atoms with E-state index in [1.165, 1.54) is 15.7 Å². The lowest BCUT2D eigenvalue weighted by atomic mass is 10.0. The highest BCUT2D eigenvalue weighted by molar-refractivity contribution is 6.35. The van der Waals surface area contributed by atoms with Crippen LogP contribution in [-0.4, -0.2) is 36.2 Å². The highest BCUT2D eigenvalue weighted by atomic mass is 35.5. The average molecular weight is 401 g/mol. The van der Waals surface area contributed by atoms with E-state index in [0.717, 1.165) is 0 Å². The highest BCUT2D eigenvalue weighted by Gasteiger charge is 2.34. The molecule has 3 rings (SSSR count). The van der Waals surface area contributed by atoms with Crippen LogP contribution in [0.25, 0.3) is 16.6 Å². The Hall–Kier alpha value is -2.93. The Kier molecular flexibility index (Phi) is 5.12. The van der Waals surface area contributed by atoms with Crippen molar-refractivity contribution in [2.24, 2.45) is 0 Å². The largest absolute Gasteiger partial charge is 0.465 e. The third kappa shape index (κ3) is 3.45. The van der Waals surface area contributed by atoms with Crippen LogP contribution in [0.15, 0.2) is 47.5 Å². The SMILES string of the molecule is C[C@@H](c1nc2cccc(Cl)c2c(=O)n1-c1cccnc1)N(C(=O)O)C(C)(C)C. The second kappa shape index (κ2) is 7.24. The summed E-state index contributed by atoms with van der Waals surface area (Å²) >= 11 is 6.27. The number of hydrogen-bond donors (Lipinski definition) is 1. The Balaban J connectivity index is 2.39.